The molecule has 0 heteroatoms. The molecule has 0 unspecified atom stereocenters. The van der Waals surface area contributed by atoms with E-state index >= 15 is 0 Å². The van der Waals surface area contributed by atoms with Crippen molar-refractivity contribution < 1.29 is 0 Å². The molecule has 0 saturated heterocycles. The van der Waals surface area contributed by atoms with Gasteiger partial charge in [0.1, 0.15) is 0 Å². The molecule has 0 radical (unpaired) electrons. The van der Waals surface area contributed by atoms with Crippen LogP contribution in [0, 0.1) is 13.8 Å². The molecular weight excluding hydrogens is 264 g/mol. The Balaban J connectivity index is 2.14. The van der Waals surface area contributed by atoms with E-state index in [1.807, 2.05) is 0 Å². The van der Waals surface area contributed by atoms with Crippen LogP contribution in [-0.4, -0.2) is 0 Å². The molecule has 0 aromatic heterocycles. The monoisotopic (exact) mass is 290 g/mol. The summed E-state index contributed by atoms with van der Waals surface area (Å²) >= 11 is 0. The fraction of sp³-hybridized carbons (Fsp3) is 0.364. The van der Waals surface area contributed by atoms with Crippen LogP contribution in [0.2, 0.25) is 0 Å². The Kier molecular flexibility index (Phi) is 3.51. The number of hydrogen-bond acceptors (Lipinski definition) is 0. The minimum Gasteiger partial charge on any atom is -0.0683 e. The van der Waals surface area contributed by atoms with Gasteiger partial charge in [-0.05, 0) is 71.6 Å². The van der Waals surface area contributed by atoms with E-state index in [0.717, 1.165) is 6.42 Å². The van der Waals surface area contributed by atoms with Gasteiger partial charge in [0.15, 0.2) is 0 Å². The van der Waals surface area contributed by atoms with Crippen molar-refractivity contribution in [3.05, 3.63) is 63.7 Å². The molecule has 3 rings (SSSR count). The number of benzene rings is 2. The topological polar surface area (TPSA) is 0 Å². The van der Waals surface area contributed by atoms with Crippen molar-refractivity contribution in [2.75, 3.05) is 0 Å². The van der Waals surface area contributed by atoms with Crippen LogP contribution in [0.1, 0.15) is 55.5 Å². The lowest BCUT2D eigenvalue weighted by atomic mass is 9.85. The van der Waals surface area contributed by atoms with E-state index in [9.17, 15) is 0 Å². The minimum absolute atomic E-state index is 0.208. The number of rotatable bonds is 1. The van der Waals surface area contributed by atoms with Gasteiger partial charge in [0.2, 0.25) is 0 Å². The van der Waals surface area contributed by atoms with Gasteiger partial charge in [-0.1, -0.05) is 62.8 Å². The highest BCUT2D eigenvalue weighted by atomic mass is 14.2. The lowest BCUT2D eigenvalue weighted by Crippen LogP contribution is -2.10. The summed E-state index contributed by atoms with van der Waals surface area (Å²) in [5.74, 6) is 0. The van der Waals surface area contributed by atoms with Gasteiger partial charge in [-0.25, -0.2) is 0 Å². The Bertz CT molecular complexity index is 750. The first-order chi connectivity index (χ1) is 10.3. The first kappa shape index (κ1) is 15.1. The van der Waals surface area contributed by atoms with Gasteiger partial charge < -0.3 is 0 Å². The number of hydrogen-bond donors (Lipinski definition) is 0. The minimum atomic E-state index is 0.208. The van der Waals surface area contributed by atoms with Crippen molar-refractivity contribution in [1.82, 2.24) is 0 Å². The van der Waals surface area contributed by atoms with Crippen LogP contribution in [-0.2, 0) is 11.8 Å². The van der Waals surface area contributed by atoms with Crippen LogP contribution in [0.3, 0.4) is 0 Å². The second kappa shape index (κ2) is 5.12. The van der Waals surface area contributed by atoms with Gasteiger partial charge in [0.25, 0.3) is 0 Å². The molecule has 0 bridgehead atoms. The molecule has 0 N–H and O–H groups in total. The SMILES string of the molecule is CC1=Cc2c(-c3ccc(C(C)(C)C)cc3)cc(C)c(C)c2C1. The molecule has 1 aliphatic rings. The van der Waals surface area contributed by atoms with Gasteiger partial charge in [-0.3, -0.25) is 0 Å². The smallest absolute Gasteiger partial charge is 0.00576 e. The second-order valence-electron chi connectivity index (χ2n) is 7.75. The highest BCUT2D eigenvalue weighted by Gasteiger charge is 2.19. The maximum Gasteiger partial charge on any atom is -0.00576 e. The third kappa shape index (κ3) is 2.52. The predicted octanol–water partition coefficient (Wildman–Crippen LogP) is 6.23. The first-order valence-electron chi connectivity index (χ1n) is 8.18. The van der Waals surface area contributed by atoms with E-state index in [-0.39, 0.29) is 5.41 Å². The standard InChI is InChI=1S/C22H26/c1-14-11-19-16(3)15(2)13-20(21(19)12-14)17-7-9-18(10-8-17)22(4,5)6/h7-10,12-13H,11H2,1-6H3. The molecule has 0 nitrogen and oxygen atoms in total. The highest BCUT2D eigenvalue weighted by molar-refractivity contribution is 5.82. The van der Waals surface area contributed by atoms with Crippen molar-refractivity contribution in [2.24, 2.45) is 0 Å². The quantitative estimate of drug-likeness (QED) is 0.584. The summed E-state index contributed by atoms with van der Waals surface area (Å²) in [6.45, 7) is 13.5. The van der Waals surface area contributed by atoms with Crippen LogP contribution >= 0.6 is 0 Å². The average Bonchev–Trinajstić information content (AvgIpc) is 2.84. The molecular formula is C22H26. The van der Waals surface area contributed by atoms with Gasteiger partial charge in [0.05, 0.1) is 0 Å². The van der Waals surface area contributed by atoms with E-state index in [1.54, 1.807) is 0 Å². The molecule has 114 valence electrons. The van der Waals surface area contributed by atoms with Crippen LogP contribution < -0.4 is 0 Å². The summed E-state index contributed by atoms with van der Waals surface area (Å²) < 4.78 is 0. The Morgan fingerprint density at radius 3 is 2.14 bits per heavy atom. The van der Waals surface area contributed by atoms with Crippen LogP contribution in [0.15, 0.2) is 35.9 Å². The van der Waals surface area contributed by atoms with E-state index in [1.165, 1.54) is 44.5 Å². The maximum atomic E-state index is 2.37. The van der Waals surface area contributed by atoms with E-state index in [4.69, 9.17) is 0 Å². The Morgan fingerprint density at radius 1 is 0.909 bits per heavy atom. The Hall–Kier alpha value is -1.82. The predicted molar refractivity (Wildman–Crippen MR) is 97.4 cm³/mol. The summed E-state index contributed by atoms with van der Waals surface area (Å²) in [6.07, 6.45) is 3.48. The van der Waals surface area contributed by atoms with E-state index in [2.05, 4.69) is 78.0 Å². The average molecular weight is 290 g/mol. The van der Waals surface area contributed by atoms with Crippen molar-refractivity contribution in [3.63, 3.8) is 0 Å². The van der Waals surface area contributed by atoms with E-state index < -0.39 is 0 Å². The highest BCUT2D eigenvalue weighted by Crippen LogP contribution is 2.38. The fourth-order valence-corrected chi connectivity index (χ4v) is 3.36. The fourth-order valence-electron chi connectivity index (χ4n) is 3.36. The molecule has 2 aromatic rings. The van der Waals surface area contributed by atoms with Gasteiger partial charge in [0, 0.05) is 0 Å². The third-order valence-corrected chi connectivity index (χ3v) is 4.93. The summed E-state index contributed by atoms with van der Waals surface area (Å²) in [4.78, 5) is 0. The lowest BCUT2D eigenvalue weighted by molar-refractivity contribution is 0.590. The molecule has 0 saturated carbocycles. The summed E-state index contributed by atoms with van der Waals surface area (Å²) in [6, 6.07) is 11.5. The lowest BCUT2D eigenvalue weighted by Gasteiger charge is -2.20. The molecule has 0 atom stereocenters. The number of allylic oxidation sites excluding steroid dienone is 1. The van der Waals surface area contributed by atoms with Crippen LogP contribution in [0.5, 0.6) is 0 Å². The third-order valence-electron chi connectivity index (χ3n) is 4.93. The van der Waals surface area contributed by atoms with E-state index in [0.29, 0.717) is 0 Å². The second-order valence-corrected chi connectivity index (χ2v) is 7.75. The zero-order chi connectivity index (χ0) is 16.1. The maximum absolute atomic E-state index is 2.37. The number of aryl methyl sites for hydroxylation is 1. The molecule has 0 spiro atoms. The van der Waals surface area contributed by atoms with Crippen molar-refractivity contribution in [1.29, 1.82) is 0 Å². The Morgan fingerprint density at radius 2 is 1.55 bits per heavy atom. The van der Waals surface area contributed by atoms with Crippen molar-refractivity contribution in [3.8, 4) is 11.1 Å². The molecule has 1 aliphatic carbocycles. The molecule has 2 aromatic carbocycles. The van der Waals surface area contributed by atoms with Crippen molar-refractivity contribution in [2.45, 2.75) is 53.4 Å². The first-order valence-corrected chi connectivity index (χ1v) is 8.18. The molecule has 22 heavy (non-hydrogen) atoms. The van der Waals surface area contributed by atoms with Gasteiger partial charge in [-0.2, -0.15) is 0 Å². The zero-order valence-electron chi connectivity index (χ0n) is 14.7. The zero-order valence-corrected chi connectivity index (χ0v) is 14.7. The molecule has 0 aliphatic heterocycles. The largest absolute Gasteiger partial charge is 0.0683 e. The van der Waals surface area contributed by atoms with Crippen LogP contribution in [0.25, 0.3) is 17.2 Å². The summed E-state index contributed by atoms with van der Waals surface area (Å²) in [7, 11) is 0. The summed E-state index contributed by atoms with van der Waals surface area (Å²) in [5.41, 5.74) is 11.6. The Labute approximate surface area is 134 Å². The van der Waals surface area contributed by atoms with Gasteiger partial charge in [-0.15, -0.1) is 0 Å². The van der Waals surface area contributed by atoms with Gasteiger partial charge >= 0.3 is 0 Å². The molecule has 0 fully saturated rings. The summed E-state index contributed by atoms with van der Waals surface area (Å²) in [5, 5.41) is 0. The van der Waals surface area contributed by atoms with Crippen LogP contribution in [0.4, 0.5) is 0 Å². The molecule has 0 amide bonds. The number of fused-ring (bicyclic) bond motifs is 1. The molecule has 0 heterocycles. The normalized spacial score (nSPS) is 14.0. The van der Waals surface area contributed by atoms with Crippen molar-refractivity contribution >= 4 is 6.08 Å².